The van der Waals surface area contributed by atoms with E-state index in [0.29, 0.717) is 17.3 Å². The van der Waals surface area contributed by atoms with E-state index in [4.69, 9.17) is 34.8 Å². The molecule has 140 valence electrons. The maximum Gasteiger partial charge on any atom is 0.291 e. The summed E-state index contributed by atoms with van der Waals surface area (Å²) >= 11 is 18.2. The molecule has 3 rings (SSSR count). The van der Waals surface area contributed by atoms with Gasteiger partial charge in [-0.1, -0.05) is 34.8 Å². The molecule has 0 saturated carbocycles. The Hall–Kier alpha value is -1.31. The first-order chi connectivity index (χ1) is 12.4. The van der Waals surface area contributed by atoms with Crippen LogP contribution in [0.2, 0.25) is 15.1 Å². The number of β-amino-alcohol motifs (C(OH)–C–C–N with tert-alkyl or cyclic N) is 1. The van der Waals surface area contributed by atoms with Gasteiger partial charge in [-0.3, -0.25) is 9.69 Å². The maximum absolute atomic E-state index is 12.2. The summed E-state index contributed by atoms with van der Waals surface area (Å²) in [6, 6.07) is 5.35. The van der Waals surface area contributed by atoms with Crippen molar-refractivity contribution in [3.05, 3.63) is 49.8 Å². The molecule has 1 fully saturated rings. The first-order valence-corrected chi connectivity index (χ1v) is 9.39. The lowest BCUT2D eigenvalue weighted by molar-refractivity contribution is 0.123. The minimum Gasteiger partial charge on any atom is -0.392 e. The fourth-order valence-electron chi connectivity index (χ4n) is 3.03. The van der Waals surface area contributed by atoms with E-state index in [9.17, 15) is 9.90 Å². The van der Waals surface area contributed by atoms with E-state index < -0.39 is 5.56 Å². The number of aliphatic hydroxyl groups is 1. The van der Waals surface area contributed by atoms with Gasteiger partial charge in [0, 0.05) is 32.7 Å². The monoisotopic (exact) mass is 416 g/mol. The molecule has 2 heterocycles. The van der Waals surface area contributed by atoms with Gasteiger partial charge in [-0.15, -0.1) is 0 Å². The van der Waals surface area contributed by atoms with Crippen LogP contribution in [0.15, 0.2) is 29.2 Å². The highest BCUT2D eigenvalue weighted by Crippen LogP contribution is 2.29. The van der Waals surface area contributed by atoms with Gasteiger partial charge in [-0.2, -0.15) is 9.78 Å². The summed E-state index contributed by atoms with van der Waals surface area (Å²) in [5, 5.41) is 14.1. The summed E-state index contributed by atoms with van der Waals surface area (Å²) in [7, 11) is 0. The molecule has 26 heavy (non-hydrogen) atoms. The van der Waals surface area contributed by atoms with Gasteiger partial charge in [-0.05, 0) is 25.1 Å². The van der Waals surface area contributed by atoms with Gasteiger partial charge < -0.3 is 10.0 Å². The second-order valence-corrected chi connectivity index (χ2v) is 7.49. The van der Waals surface area contributed by atoms with Crippen LogP contribution in [-0.4, -0.2) is 58.6 Å². The molecule has 0 aliphatic carbocycles. The molecule has 1 aliphatic rings. The first kappa shape index (κ1) is 19.5. The lowest BCUT2D eigenvalue weighted by atomic mass is 10.2. The quantitative estimate of drug-likeness (QED) is 0.829. The second kappa shape index (κ2) is 8.15. The highest BCUT2D eigenvalue weighted by molar-refractivity contribution is 6.41. The number of rotatable bonds is 4. The molecule has 0 amide bonds. The molecular formula is C17H19Cl3N4O2. The number of halogens is 3. The van der Waals surface area contributed by atoms with Crippen LogP contribution in [0.1, 0.15) is 6.92 Å². The van der Waals surface area contributed by atoms with Crippen molar-refractivity contribution in [2.24, 2.45) is 0 Å². The summed E-state index contributed by atoms with van der Waals surface area (Å²) in [5.74, 6) is 0. The third-order valence-corrected chi connectivity index (χ3v) is 5.34. The van der Waals surface area contributed by atoms with Crippen molar-refractivity contribution in [1.29, 1.82) is 0 Å². The highest BCUT2D eigenvalue weighted by atomic mass is 35.5. The van der Waals surface area contributed by atoms with E-state index in [1.165, 1.54) is 10.9 Å². The molecule has 1 aromatic heterocycles. The van der Waals surface area contributed by atoms with Gasteiger partial charge in [0.25, 0.3) is 5.56 Å². The molecule has 9 heteroatoms. The molecule has 0 radical (unpaired) electrons. The first-order valence-electron chi connectivity index (χ1n) is 8.25. The Morgan fingerprint density at radius 1 is 1.15 bits per heavy atom. The Morgan fingerprint density at radius 2 is 1.85 bits per heavy atom. The van der Waals surface area contributed by atoms with E-state index in [-0.39, 0.29) is 16.1 Å². The molecule has 2 aromatic rings. The number of hydrogen-bond acceptors (Lipinski definition) is 5. The van der Waals surface area contributed by atoms with Crippen LogP contribution in [0, 0.1) is 0 Å². The Balaban J connectivity index is 1.79. The molecule has 1 saturated heterocycles. The normalized spacial score (nSPS) is 16.7. The Morgan fingerprint density at radius 3 is 2.46 bits per heavy atom. The van der Waals surface area contributed by atoms with E-state index in [2.05, 4.69) is 14.9 Å². The van der Waals surface area contributed by atoms with Crippen LogP contribution in [0.4, 0.5) is 5.69 Å². The second-order valence-electron chi connectivity index (χ2n) is 6.30. The molecule has 1 N–H and O–H groups in total. The molecule has 1 atom stereocenters. The zero-order valence-corrected chi connectivity index (χ0v) is 16.5. The molecule has 0 unspecified atom stereocenters. The van der Waals surface area contributed by atoms with Crippen molar-refractivity contribution < 1.29 is 5.11 Å². The molecule has 0 bridgehead atoms. The number of aliphatic hydroxyl groups excluding tert-OH is 1. The summed E-state index contributed by atoms with van der Waals surface area (Å²) in [6.07, 6.45) is 0.996. The standard InChI is InChI=1S/C17H19Cl3N4O2/c1-11(25)10-22-4-6-23(7-5-22)15-3-2-12(8-13(15)18)24-17(26)16(20)14(19)9-21-24/h2-3,8-9,11,25H,4-7,10H2,1H3/t11-/m1/s1. The van der Waals surface area contributed by atoms with Crippen LogP contribution in [-0.2, 0) is 0 Å². The molecular weight excluding hydrogens is 399 g/mol. The average Bonchev–Trinajstić information content (AvgIpc) is 2.60. The van der Waals surface area contributed by atoms with Crippen molar-refractivity contribution in [3.63, 3.8) is 0 Å². The van der Waals surface area contributed by atoms with Crippen LogP contribution in [0.3, 0.4) is 0 Å². The fourth-order valence-corrected chi connectivity index (χ4v) is 3.57. The van der Waals surface area contributed by atoms with Gasteiger partial charge in [-0.25, -0.2) is 0 Å². The Labute approximate surface area is 166 Å². The average molecular weight is 418 g/mol. The van der Waals surface area contributed by atoms with E-state index in [0.717, 1.165) is 31.9 Å². The predicted octanol–water partition coefficient (Wildman–Crippen LogP) is 2.70. The predicted molar refractivity (Wildman–Crippen MR) is 105 cm³/mol. The number of piperazine rings is 1. The van der Waals surface area contributed by atoms with Gasteiger partial charge in [0.15, 0.2) is 0 Å². The minimum absolute atomic E-state index is 0.0731. The Bertz CT molecular complexity index is 848. The SMILES string of the molecule is C[C@@H](O)CN1CCN(c2ccc(-n3ncc(Cl)c(Cl)c3=O)cc2Cl)CC1. The van der Waals surface area contributed by atoms with Crippen LogP contribution < -0.4 is 10.5 Å². The van der Waals surface area contributed by atoms with Crippen molar-refractivity contribution >= 4 is 40.5 Å². The smallest absolute Gasteiger partial charge is 0.291 e. The maximum atomic E-state index is 12.2. The Kier molecular flexibility index (Phi) is 6.10. The highest BCUT2D eigenvalue weighted by Gasteiger charge is 2.20. The zero-order valence-electron chi connectivity index (χ0n) is 14.2. The minimum atomic E-state index is -0.491. The zero-order chi connectivity index (χ0) is 18.8. The van der Waals surface area contributed by atoms with Crippen molar-refractivity contribution in [2.45, 2.75) is 13.0 Å². The number of nitrogens with zero attached hydrogens (tertiary/aromatic N) is 4. The fraction of sp³-hybridized carbons (Fsp3) is 0.412. The largest absolute Gasteiger partial charge is 0.392 e. The molecule has 1 aromatic carbocycles. The van der Waals surface area contributed by atoms with Crippen LogP contribution in [0.25, 0.3) is 5.69 Å². The van der Waals surface area contributed by atoms with E-state index in [1.54, 1.807) is 19.1 Å². The van der Waals surface area contributed by atoms with Crippen LogP contribution >= 0.6 is 34.8 Å². The van der Waals surface area contributed by atoms with E-state index >= 15 is 0 Å². The number of aromatic nitrogens is 2. The number of benzene rings is 1. The third kappa shape index (κ3) is 4.15. The third-order valence-electron chi connectivity index (χ3n) is 4.29. The lowest BCUT2D eigenvalue weighted by Gasteiger charge is -2.37. The van der Waals surface area contributed by atoms with Crippen molar-refractivity contribution in [3.8, 4) is 5.69 Å². The van der Waals surface area contributed by atoms with Crippen molar-refractivity contribution in [1.82, 2.24) is 14.7 Å². The van der Waals surface area contributed by atoms with Crippen LogP contribution in [0.5, 0.6) is 0 Å². The topological polar surface area (TPSA) is 61.6 Å². The van der Waals surface area contributed by atoms with E-state index in [1.807, 2.05) is 6.07 Å². The summed E-state index contributed by atoms with van der Waals surface area (Å²) in [6.45, 7) is 5.81. The van der Waals surface area contributed by atoms with Gasteiger partial charge >= 0.3 is 0 Å². The van der Waals surface area contributed by atoms with Crippen molar-refractivity contribution in [2.75, 3.05) is 37.6 Å². The lowest BCUT2D eigenvalue weighted by Crippen LogP contribution is -2.48. The molecule has 0 spiro atoms. The van der Waals surface area contributed by atoms with Gasteiger partial charge in [0.1, 0.15) is 5.02 Å². The summed E-state index contributed by atoms with van der Waals surface area (Å²) in [4.78, 5) is 16.6. The van der Waals surface area contributed by atoms with Gasteiger partial charge in [0.2, 0.25) is 0 Å². The summed E-state index contributed by atoms with van der Waals surface area (Å²) < 4.78 is 1.17. The summed E-state index contributed by atoms with van der Waals surface area (Å²) in [5.41, 5.74) is 0.935. The van der Waals surface area contributed by atoms with Gasteiger partial charge in [0.05, 0.1) is 33.7 Å². The molecule has 1 aliphatic heterocycles. The number of anilines is 1. The molecule has 6 nitrogen and oxygen atoms in total. The number of hydrogen-bond donors (Lipinski definition) is 1.